The third-order valence-electron chi connectivity index (χ3n) is 2.02. The van der Waals surface area contributed by atoms with Crippen molar-refractivity contribution in [2.45, 2.75) is 25.3 Å². The first kappa shape index (κ1) is 16.0. The first-order valence-electron chi connectivity index (χ1n) is 5.35. The minimum atomic E-state index is -1.18. The van der Waals surface area contributed by atoms with Gasteiger partial charge in [-0.05, 0) is 12.8 Å². The molecule has 2 N–H and O–H groups in total. The Morgan fingerprint density at radius 2 is 2.11 bits per heavy atom. The summed E-state index contributed by atoms with van der Waals surface area (Å²) in [4.78, 5) is 32.8. The van der Waals surface area contributed by atoms with Gasteiger partial charge in [0.1, 0.15) is 12.6 Å². The summed E-state index contributed by atoms with van der Waals surface area (Å²) in [5.74, 6) is -1.61. The lowest BCUT2D eigenvalue weighted by Crippen LogP contribution is -2.41. The van der Waals surface area contributed by atoms with Crippen molar-refractivity contribution < 1.29 is 29.0 Å². The standard InChI is InChI=1S/C11H17NO6/c1-3-7-18-11(16)12-8(10(14)15)5-4-6-9(13)17-2/h3,8H,1,4-7H2,2H3,(H,12,16)(H,14,15). The lowest BCUT2D eigenvalue weighted by Gasteiger charge is -2.13. The highest BCUT2D eigenvalue weighted by Crippen LogP contribution is 2.03. The number of esters is 1. The van der Waals surface area contributed by atoms with Gasteiger partial charge in [-0.25, -0.2) is 9.59 Å². The molecule has 0 radical (unpaired) electrons. The average Bonchev–Trinajstić information content (AvgIpc) is 2.34. The molecule has 0 aliphatic heterocycles. The number of amides is 1. The molecular formula is C11H17NO6. The largest absolute Gasteiger partial charge is 0.480 e. The van der Waals surface area contributed by atoms with E-state index < -0.39 is 24.1 Å². The molecule has 1 atom stereocenters. The molecule has 0 fully saturated rings. The molecule has 0 aliphatic rings. The van der Waals surface area contributed by atoms with Gasteiger partial charge in [0.2, 0.25) is 0 Å². The number of hydrogen-bond donors (Lipinski definition) is 2. The summed E-state index contributed by atoms with van der Waals surface area (Å²) in [5, 5.41) is 11.0. The molecule has 1 unspecified atom stereocenters. The van der Waals surface area contributed by atoms with Gasteiger partial charge in [-0.15, -0.1) is 0 Å². The second-order valence-electron chi connectivity index (χ2n) is 3.39. The predicted molar refractivity (Wildman–Crippen MR) is 62.0 cm³/mol. The highest BCUT2D eigenvalue weighted by molar-refractivity contribution is 5.80. The molecule has 0 rings (SSSR count). The molecular weight excluding hydrogens is 242 g/mol. The Bertz CT molecular complexity index is 315. The van der Waals surface area contributed by atoms with Crippen LogP contribution < -0.4 is 5.32 Å². The molecule has 0 aromatic carbocycles. The molecule has 0 heterocycles. The fraction of sp³-hybridized carbons (Fsp3) is 0.545. The highest BCUT2D eigenvalue weighted by atomic mass is 16.5. The molecule has 102 valence electrons. The van der Waals surface area contributed by atoms with E-state index in [1.54, 1.807) is 0 Å². The van der Waals surface area contributed by atoms with Crippen LogP contribution in [-0.4, -0.2) is 42.9 Å². The van der Waals surface area contributed by atoms with Crippen molar-refractivity contribution >= 4 is 18.0 Å². The van der Waals surface area contributed by atoms with E-state index in [1.807, 2.05) is 0 Å². The van der Waals surface area contributed by atoms with Gasteiger partial charge in [0, 0.05) is 6.42 Å². The Labute approximate surface area is 105 Å². The summed E-state index contributed by atoms with van der Waals surface area (Å²) in [5.41, 5.74) is 0. The molecule has 1 amide bonds. The minimum Gasteiger partial charge on any atom is -0.480 e. The van der Waals surface area contributed by atoms with Crippen LogP contribution in [-0.2, 0) is 19.1 Å². The van der Waals surface area contributed by atoms with E-state index >= 15 is 0 Å². The molecule has 7 nitrogen and oxygen atoms in total. The number of nitrogens with one attached hydrogen (secondary N) is 1. The number of methoxy groups -OCH3 is 1. The second-order valence-corrected chi connectivity index (χ2v) is 3.39. The van der Waals surface area contributed by atoms with Gasteiger partial charge in [0.15, 0.2) is 0 Å². The quantitative estimate of drug-likeness (QED) is 0.491. The Morgan fingerprint density at radius 3 is 2.61 bits per heavy atom. The summed E-state index contributed by atoms with van der Waals surface area (Å²) >= 11 is 0. The Kier molecular flexibility index (Phi) is 8.00. The van der Waals surface area contributed by atoms with Gasteiger partial charge in [-0.1, -0.05) is 12.7 Å². The van der Waals surface area contributed by atoms with E-state index in [0.29, 0.717) is 6.42 Å². The van der Waals surface area contributed by atoms with Crippen molar-refractivity contribution in [1.29, 1.82) is 0 Å². The van der Waals surface area contributed by atoms with Crippen molar-refractivity contribution in [2.24, 2.45) is 0 Å². The molecule has 18 heavy (non-hydrogen) atoms. The van der Waals surface area contributed by atoms with E-state index in [9.17, 15) is 14.4 Å². The van der Waals surface area contributed by atoms with E-state index in [-0.39, 0.29) is 19.4 Å². The Balaban J connectivity index is 4.07. The van der Waals surface area contributed by atoms with E-state index in [0.717, 1.165) is 0 Å². The monoisotopic (exact) mass is 259 g/mol. The van der Waals surface area contributed by atoms with Crippen LogP contribution in [0.5, 0.6) is 0 Å². The van der Waals surface area contributed by atoms with E-state index in [1.165, 1.54) is 13.2 Å². The highest BCUT2D eigenvalue weighted by Gasteiger charge is 2.20. The van der Waals surface area contributed by atoms with Crippen LogP contribution in [0.3, 0.4) is 0 Å². The van der Waals surface area contributed by atoms with Crippen molar-refractivity contribution in [3.8, 4) is 0 Å². The molecule has 7 heteroatoms. The third-order valence-corrected chi connectivity index (χ3v) is 2.02. The molecule has 0 spiro atoms. The van der Waals surface area contributed by atoms with Gasteiger partial charge in [-0.2, -0.15) is 0 Å². The number of carbonyl (C=O) groups excluding carboxylic acids is 2. The van der Waals surface area contributed by atoms with Gasteiger partial charge < -0.3 is 19.9 Å². The normalized spacial score (nSPS) is 11.2. The molecule has 0 saturated heterocycles. The maximum absolute atomic E-state index is 11.1. The molecule has 0 bridgehead atoms. The Hall–Kier alpha value is -2.05. The van der Waals surface area contributed by atoms with Crippen molar-refractivity contribution in [1.82, 2.24) is 5.32 Å². The number of rotatable bonds is 8. The third kappa shape index (κ3) is 7.26. The summed E-state index contributed by atoms with van der Waals surface area (Å²) in [6.07, 6.45) is 1.05. The smallest absolute Gasteiger partial charge is 0.408 e. The number of aliphatic carboxylic acids is 1. The number of alkyl carbamates (subject to hydrolysis) is 1. The molecule has 0 aliphatic carbocycles. The second kappa shape index (κ2) is 9.03. The summed E-state index contributed by atoms with van der Waals surface area (Å²) in [7, 11) is 1.25. The van der Waals surface area contributed by atoms with Crippen molar-refractivity contribution in [2.75, 3.05) is 13.7 Å². The number of carboxylic acids is 1. The van der Waals surface area contributed by atoms with Gasteiger partial charge >= 0.3 is 18.0 Å². The van der Waals surface area contributed by atoms with Crippen LogP contribution in [0.15, 0.2) is 12.7 Å². The summed E-state index contributed by atoms with van der Waals surface area (Å²) < 4.78 is 9.01. The Morgan fingerprint density at radius 1 is 1.44 bits per heavy atom. The maximum atomic E-state index is 11.1. The summed E-state index contributed by atoms with van der Waals surface area (Å²) in [6.45, 7) is 3.35. The average molecular weight is 259 g/mol. The van der Waals surface area contributed by atoms with Crippen LogP contribution in [0, 0.1) is 0 Å². The fourth-order valence-corrected chi connectivity index (χ4v) is 1.13. The number of carboxylic acid groups (broad SMARTS) is 1. The van der Waals surface area contributed by atoms with Crippen molar-refractivity contribution in [3.05, 3.63) is 12.7 Å². The minimum absolute atomic E-state index is 0.000330. The van der Waals surface area contributed by atoms with E-state index in [4.69, 9.17) is 5.11 Å². The maximum Gasteiger partial charge on any atom is 0.408 e. The zero-order valence-corrected chi connectivity index (χ0v) is 10.2. The van der Waals surface area contributed by atoms with Crippen LogP contribution in [0.1, 0.15) is 19.3 Å². The number of hydrogen-bond acceptors (Lipinski definition) is 5. The zero-order chi connectivity index (χ0) is 14.0. The number of ether oxygens (including phenoxy) is 2. The first-order valence-corrected chi connectivity index (χ1v) is 5.35. The zero-order valence-electron chi connectivity index (χ0n) is 10.2. The SMILES string of the molecule is C=CCOC(=O)NC(CCCC(=O)OC)C(=O)O. The van der Waals surface area contributed by atoms with Crippen LogP contribution in [0.25, 0.3) is 0 Å². The van der Waals surface area contributed by atoms with Crippen molar-refractivity contribution in [3.63, 3.8) is 0 Å². The topological polar surface area (TPSA) is 102 Å². The number of carbonyl (C=O) groups is 3. The van der Waals surface area contributed by atoms with E-state index in [2.05, 4.69) is 21.4 Å². The van der Waals surface area contributed by atoms with Crippen LogP contribution in [0.2, 0.25) is 0 Å². The lowest BCUT2D eigenvalue weighted by atomic mass is 10.1. The predicted octanol–water partition coefficient (Wildman–Crippen LogP) is 0.695. The van der Waals surface area contributed by atoms with Gasteiger partial charge in [0.05, 0.1) is 7.11 Å². The molecule has 0 saturated carbocycles. The van der Waals surface area contributed by atoms with Crippen LogP contribution in [0.4, 0.5) is 4.79 Å². The molecule has 0 aromatic heterocycles. The summed E-state index contributed by atoms with van der Waals surface area (Å²) in [6, 6.07) is -1.09. The lowest BCUT2D eigenvalue weighted by molar-refractivity contribution is -0.142. The molecule has 0 aromatic rings. The van der Waals surface area contributed by atoms with Gasteiger partial charge in [-0.3, -0.25) is 4.79 Å². The van der Waals surface area contributed by atoms with Crippen LogP contribution >= 0.6 is 0 Å². The first-order chi connectivity index (χ1) is 8.51. The fourth-order valence-electron chi connectivity index (χ4n) is 1.13. The van der Waals surface area contributed by atoms with Gasteiger partial charge in [0.25, 0.3) is 0 Å².